The summed E-state index contributed by atoms with van der Waals surface area (Å²) in [4.78, 5) is 38.1. The number of thioether (sulfide) groups is 1. The molecule has 48 heavy (non-hydrogen) atoms. The molecule has 254 valence electrons. The molecular weight excluding hydrogens is 672 g/mol. The van der Waals surface area contributed by atoms with Crippen LogP contribution < -0.4 is 10.6 Å². The third-order valence-electron chi connectivity index (χ3n) is 9.08. The van der Waals surface area contributed by atoms with Gasteiger partial charge in [0.2, 0.25) is 11.7 Å². The first-order valence-corrected chi connectivity index (χ1v) is 16.7. The number of nitrogens with one attached hydrogen (secondary N) is 2. The Balaban J connectivity index is 1.43. The molecule has 6 rings (SSSR count). The number of halogens is 5. The van der Waals surface area contributed by atoms with Crippen molar-refractivity contribution >= 4 is 57.7 Å². The van der Waals surface area contributed by atoms with Crippen molar-refractivity contribution in [2.24, 2.45) is 0 Å². The molecule has 2 aromatic carbocycles. The van der Waals surface area contributed by atoms with Crippen LogP contribution in [0, 0.1) is 16.6 Å². The summed E-state index contributed by atoms with van der Waals surface area (Å²) in [5.74, 6) is -1.69. The summed E-state index contributed by atoms with van der Waals surface area (Å²) in [7, 11) is 0. The molecule has 3 atom stereocenters. The Hall–Kier alpha value is -3.95. The van der Waals surface area contributed by atoms with Crippen LogP contribution >= 0.6 is 23.4 Å². The van der Waals surface area contributed by atoms with Gasteiger partial charge in [-0.1, -0.05) is 30.3 Å². The van der Waals surface area contributed by atoms with Gasteiger partial charge in [-0.2, -0.15) is 18.2 Å². The second kappa shape index (κ2) is 12.8. The van der Waals surface area contributed by atoms with E-state index in [-0.39, 0.29) is 50.0 Å². The van der Waals surface area contributed by atoms with E-state index < -0.39 is 29.6 Å². The maximum Gasteiger partial charge on any atom is 0.449 e. The minimum atomic E-state index is -4.86. The quantitative estimate of drug-likeness (QED) is 0.162. The summed E-state index contributed by atoms with van der Waals surface area (Å²) >= 11 is 8.46. The van der Waals surface area contributed by atoms with Crippen LogP contribution in [0.1, 0.15) is 19.9 Å². The number of carbonyl (C=O) groups is 1. The number of benzene rings is 2. The van der Waals surface area contributed by atoms with Gasteiger partial charge in [0.25, 0.3) is 0 Å². The van der Waals surface area contributed by atoms with Gasteiger partial charge in [-0.25, -0.2) is 9.18 Å². The number of carbonyl (C=O) groups excluding carboxylic acids is 1. The van der Waals surface area contributed by atoms with Crippen LogP contribution in [0.25, 0.3) is 22.0 Å². The minimum absolute atomic E-state index is 0.125. The second-order valence-electron chi connectivity index (χ2n) is 12.2. The van der Waals surface area contributed by atoms with Crippen LogP contribution in [0.4, 0.5) is 23.4 Å². The van der Waals surface area contributed by atoms with Gasteiger partial charge in [-0.05, 0) is 43.7 Å². The summed E-state index contributed by atoms with van der Waals surface area (Å²) in [6, 6.07) is 6.81. The van der Waals surface area contributed by atoms with Crippen LogP contribution in [0.2, 0.25) is 5.02 Å². The fraction of sp³-hybridized carbons (Fsp3) is 0.406. The molecule has 3 aliphatic heterocycles. The summed E-state index contributed by atoms with van der Waals surface area (Å²) in [6.45, 7) is 8.35. The second-order valence-corrected chi connectivity index (χ2v) is 13.7. The van der Waals surface area contributed by atoms with Crippen LogP contribution in [-0.2, 0) is 4.79 Å². The Kier molecular flexibility index (Phi) is 9.06. The van der Waals surface area contributed by atoms with E-state index in [2.05, 4.69) is 11.6 Å². The van der Waals surface area contributed by atoms with Gasteiger partial charge in [-0.3, -0.25) is 25.1 Å². The van der Waals surface area contributed by atoms with Crippen LogP contribution in [0.5, 0.6) is 0 Å². The first-order valence-electron chi connectivity index (χ1n) is 15.3. The Morgan fingerprint density at radius 3 is 2.52 bits per heavy atom. The zero-order chi connectivity index (χ0) is 34.7. The van der Waals surface area contributed by atoms with Crippen LogP contribution in [-0.4, -0.2) is 105 Å². The molecule has 4 heterocycles. The van der Waals surface area contributed by atoms with Crippen molar-refractivity contribution in [2.45, 2.75) is 43.0 Å². The Bertz CT molecular complexity index is 1890. The Morgan fingerprint density at radius 1 is 1.17 bits per heavy atom. The van der Waals surface area contributed by atoms with E-state index >= 15 is 0 Å². The highest BCUT2D eigenvalue weighted by Gasteiger charge is 2.42. The van der Waals surface area contributed by atoms with Crippen molar-refractivity contribution in [3.8, 4) is 11.1 Å². The zero-order valence-corrected chi connectivity index (χ0v) is 27.7. The number of amides is 1. The van der Waals surface area contributed by atoms with Crippen molar-refractivity contribution < 1.29 is 22.4 Å². The maximum absolute atomic E-state index is 14.1. The largest absolute Gasteiger partial charge is 0.449 e. The van der Waals surface area contributed by atoms with Crippen molar-refractivity contribution in [2.75, 3.05) is 49.9 Å². The standard InChI is InChI=1S/C32H33ClF4N8O2S/c1-4-25(46)43-12-18(3)44(13-17(43)2)29-22-11-23(33)26(19-5-7-20(34)8-6-19)28-27(22)45(31(47)40-29)21(16-48-28)14-41-9-10-42(24(38)15-41)30(39)32(35,36)37/h4-8,11,17-18,21,38-39H,1,9-10,12-16H2,2-3H3/t17-,18+,21+/m1/s1. The average Bonchev–Trinajstić information content (AvgIpc) is 3.03. The van der Waals surface area contributed by atoms with Gasteiger partial charge < -0.3 is 14.7 Å². The van der Waals surface area contributed by atoms with E-state index in [1.54, 1.807) is 32.6 Å². The topological polar surface area (TPSA) is 113 Å². The molecule has 0 bridgehead atoms. The minimum Gasteiger partial charge on any atom is -0.349 e. The lowest BCUT2D eigenvalue weighted by Gasteiger charge is -2.45. The van der Waals surface area contributed by atoms with Gasteiger partial charge >= 0.3 is 11.9 Å². The number of alkyl halides is 3. The molecule has 2 fully saturated rings. The van der Waals surface area contributed by atoms with E-state index in [0.29, 0.717) is 56.6 Å². The van der Waals surface area contributed by atoms with Crippen molar-refractivity contribution in [1.29, 1.82) is 10.8 Å². The van der Waals surface area contributed by atoms with Crippen molar-refractivity contribution in [3.63, 3.8) is 0 Å². The summed E-state index contributed by atoms with van der Waals surface area (Å²) < 4.78 is 55.1. The zero-order valence-electron chi connectivity index (χ0n) is 26.2. The third-order valence-corrected chi connectivity index (χ3v) is 10.6. The number of hydrogen-bond acceptors (Lipinski definition) is 8. The summed E-state index contributed by atoms with van der Waals surface area (Å²) in [5, 5.41) is 16.7. The number of rotatable bonds is 5. The molecule has 3 aromatic rings. The van der Waals surface area contributed by atoms with Gasteiger partial charge in [0.05, 0.1) is 23.1 Å². The lowest BCUT2D eigenvalue weighted by molar-refractivity contribution is -0.128. The van der Waals surface area contributed by atoms with E-state index in [0.717, 1.165) is 4.90 Å². The number of anilines is 1. The Morgan fingerprint density at radius 2 is 1.88 bits per heavy atom. The number of hydrogen-bond donors (Lipinski definition) is 2. The third kappa shape index (κ3) is 6.07. The molecule has 2 saturated heterocycles. The molecule has 1 aromatic heterocycles. The highest BCUT2D eigenvalue weighted by Crippen LogP contribution is 2.48. The average molecular weight is 705 g/mol. The molecule has 2 N–H and O–H groups in total. The molecule has 0 unspecified atom stereocenters. The predicted octanol–water partition coefficient (Wildman–Crippen LogP) is 5.25. The van der Waals surface area contributed by atoms with E-state index in [9.17, 15) is 27.2 Å². The molecule has 10 nitrogen and oxygen atoms in total. The fourth-order valence-electron chi connectivity index (χ4n) is 6.75. The number of amidine groups is 2. The lowest BCUT2D eigenvalue weighted by atomic mass is 10.0. The van der Waals surface area contributed by atoms with Gasteiger partial charge in [0.1, 0.15) is 17.5 Å². The maximum atomic E-state index is 14.1. The van der Waals surface area contributed by atoms with Crippen molar-refractivity contribution in [1.82, 2.24) is 24.3 Å². The van der Waals surface area contributed by atoms with Crippen LogP contribution in [0.15, 0.2) is 52.7 Å². The molecule has 0 aliphatic carbocycles. The van der Waals surface area contributed by atoms with Gasteiger partial charge in [-0.15, -0.1) is 11.8 Å². The molecule has 16 heteroatoms. The molecule has 0 spiro atoms. The van der Waals surface area contributed by atoms with Gasteiger partial charge in [0.15, 0.2) is 0 Å². The first-order chi connectivity index (χ1) is 22.7. The van der Waals surface area contributed by atoms with Crippen molar-refractivity contribution in [3.05, 3.63) is 64.3 Å². The smallest absolute Gasteiger partial charge is 0.349 e. The number of piperazine rings is 2. The highest BCUT2D eigenvalue weighted by atomic mass is 35.5. The van der Waals surface area contributed by atoms with E-state index in [4.69, 9.17) is 22.4 Å². The number of aromatic nitrogens is 2. The van der Waals surface area contributed by atoms with E-state index in [1.807, 2.05) is 18.7 Å². The summed E-state index contributed by atoms with van der Waals surface area (Å²) in [5.41, 5.74) is 1.37. The van der Waals surface area contributed by atoms with Gasteiger partial charge in [0, 0.05) is 66.4 Å². The first kappa shape index (κ1) is 33.9. The molecular formula is C32H33ClF4N8O2S. The lowest BCUT2D eigenvalue weighted by Crippen LogP contribution is -2.58. The normalized spacial score (nSPS) is 21.9. The molecule has 0 radical (unpaired) electrons. The molecule has 3 aliphatic rings. The highest BCUT2D eigenvalue weighted by molar-refractivity contribution is 7.99. The predicted molar refractivity (Wildman–Crippen MR) is 179 cm³/mol. The summed E-state index contributed by atoms with van der Waals surface area (Å²) in [6.07, 6.45) is -3.58. The number of nitrogens with zero attached hydrogens (tertiary/aromatic N) is 6. The Labute approximate surface area is 283 Å². The molecule has 0 saturated carbocycles. The van der Waals surface area contributed by atoms with Crippen LogP contribution in [0.3, 0.4) is 0 Å². The fourth-order valence-corrected chi connectivity index (χ4v) is 8.45. The van der Waals surface area contributed by atoms with E-state index in [1.165, 1.54) is 30.0 Å². The molecule has 1 amide bonds. The monoisotopic (exact) mass is 704 g/mol. The SMILES string of the molecule is C=CC(=O)N1C[C@H](C)N(c2nc(=O)n3c4c(c(-c5ccc(F)cc5)c(Cl)cc24)SC[C@@H]3CN2CCN(C(=N)C(F)(F)F)C(=N)C2)C[C@H]1C.